The van der Waals surface area contributed by atoms with Crippen molar-refractivity contribution in [2.45, 2.75) is 90.5 Å². The third kappa shape index (κ3) is 6.30. The first-order valence-corrected chi connectivity index (χ1v) is 17.8. The van der Waals surface area contributed by atoms with Crippen LogP contribution in [0.1, 0.15) is 91.0 Å². The molecule has 2 atom stereocenters. The molecule has 3 aromatic heterocycles. The van der Waals surface area contributed by atoms with Gasteiger partial charge in [0.15, 0.2) is 0 Å². The van der Waals surface area contributed by atoms with Crippen molar-refractivity contribution in [2.24, 2.45) is 0 Å². The molecular formula is C40H44N6O5. The number of hydrogen-bond donors (Lipinski definition) is 2. The molecule has 2 aliphatic heterocycles. The molecule has 8 rings (SSSR count). The minimum Gasteiger partial charge on any atom is -0.455 e. The van der Waals surface area contributed by atoms with Crippen LogP contribution in [-0.2, 0) is 9.47 Å². The molecule has 2 N–H and O–H groups in total. The second-order valence-electron chi connectivity index (χ2n) is 15.7. The van der Waals surface area contributed by atoms with Crippen molar-refractivity contribution in [3.05, 3.63) is 72.6 Å². The highest BCUT2D eigenvalue weighted by Crippen LogP contribution is 2.39. The summed E-state index contributed by atoms with van der Waals surface area (Å²) in [6.07, 6.45) is 6.55. The van der Waals surface area contributed by atoms with Crippen LogP contribution < -0.4 is 0 Å². The van der Waals surface area contributed by atoms with Crippen LogP contribution in [0.2, 0.25) is 0 Å². The van der Waals surface area contributed by atoms with Gasteiger partial charge in [0.05, 0.1) is 35.9 Å². The van der Waals surface area contributed by atoms with Crippen LogP contribution >= 0.6 is 0 Å². The molecule has 0 unspecified atom stereocenters. The molecule has 2 aliphatic rings. The molecule has 5 heterocycles. The van der Waals surface area contributed by atoms with Crippen LogP contribution in [0.15, 0.2) is 65.3 Å². The van der Waals surface area contributed by atoms with E-state index in [2.05, 4.69) is 46.4 Å². The zero-order valence-electron chi connectivity index (χ0n) is 30.0. The van der Waals surface area contributed by atoms with Gasteiger partial charge in [0.1, 0.15) is 34.0 Å². The van der Waals surface area contributed by atoms with Gasteiger partial charge < -0.3 is 23.9 Å². The lowest BCUT2D eigenvalue weighted by atomic mass is 10.0. The molecule has 0 radical (unpaired) electrons. The third-order valence-corrected chi connectivity index (χ3v) is 9.66. The summed E-state index contributed by atoms with van der Waals surface area (Å²) in [7, 11) is 0. The van der Waals surface area contributed by atoms with E-state index in [1.807, 2.05) is 66.1 Å². The summed E-state index contributed by atoms with van der Waals surface area (Å²) in [6, 6.07) is 16.4. The number of furan rings is 1. The predicted octanol–water partition coefficient (Wildman–Crippen LogP) is 9.66. The van der Waals surface area contributed by atoms with Gasteiger partial charge >= 0.3 is 12.2 Å². The number of hydrogen-bond acceptors (Lipinski definition) is 7. The molecule has 2 saturated heterocycles. The number of rotatable bonds is 4. The summed E-state index contributed by atoms with van der Waals surface area (Å²) >= 11 is 0. The molecule has 0 bridgehead atoms. The van der Waals surface area contributed by atoms with E-state index < -0.39 is 11.2 Å². The normalized spacial score (nSPS) is 18.4. The first-order chi connectivity index (χ1) is 24.3. The van der Waals surface area contributed by atoms with E-state index in [0.717, 1.165) is 92.6 Å². The molecule has 0 aliphatic carbocycles. The van der Waals surface area contributed by atoms with Gasteiger partial charge in [0, 0.05) is 40.4 Å². The Balaban J connectivity index is 1.05. The fraction of sp³-hybridized carbons (Fsp3) is 0.400. The number of aromatic nitrogens is 4. The topological polar surface area (TPSA) is 130 Å². The Labute approximate surface area is 296 Å². The van der Waals surface area contributed by atoms with E-state index in [4.69, 9.17) is 23.9 Å². The SMILES string of the molecule is CC(C)(C)OC(=O)N1CCC[C@H]1c1ncc(-c2ccc3c(ccc4c5cc(-c6cnc([C@@H]7CCCN7C(=O)OC(C)(C)C)[nH]6)ccc5oc34)c2)[nH]1. The number of H-pyrrole nitrogens is 2. The number of benzene rings is 3. The highest BCUT2D eigenvalue weighted by Gasteiger charge is 2.36. The minimum absolute atomic E-state index is 0.142. The lowest BCUT2D eigenvalue weighted by molar-refractivity contribution is 0.0208. The molecule has 11 heteroatoms. The Morgan fingerprint density at radius 1 is 0.706 bits per heavy atom. The van der Waals surface area contributed by atoms with Gasteiger partial charge in [0.2, 0.25) is 0 Å². The summed E-state index contributed by atoms with van der Waals surface area (Å²) in [5.41, 5.74) is 4.30. The van der Waals surface area contributed by atoms with E-state index in [-0.39, 0.29) is 24.3 Å². The maximum Gasteiger partial charge on any atom is 0.410 e. The van der Waals surface area contributed by atoms with E-state index in [1.165, 1.54) is 0 Å². The summed E-state index contributed by atoms with van der Waals surface area (Å²) in [6.45, 7) is 12.6. The predicted molar refractivity (Wildman–Crippen MR) is 196 cm³/mol. The van der Waals surface area contributed by atoms with Crippen LogP contribution in [0.3, 0.4) is 0 Å². The number of ether oxygens (including phenoxy) is 2. The first-order valence-electron chi connectivity index (χ1n) is 17.8. The largest absolute Gasteiger partial charge is 0.455 e. The van der Waals surface area contributed by atoms with Gasteiger partial charge in [-0.25, -0.2) is 19.6 Å². The standard InChI is InChI=1S/C40H44N6O5/c1-39(2,3)50-37(47)45-17-7-9-31(45)35-41-21-29(43-35)24-12-14-26-23(19-24)11-15-27-28-20-25(13-16-33(28)49-34(26)27)30-22-42-36(44-30)32-10-8-18-46(32)38(48)51-40(4,5)6/h11-16,19-22,31-32H,7-10,17-18H2,1-6H3,(H,41,43)(H,42,44)/t31-,32-/m0/s1. The molecule has 2 amide bonds. The van der Waals surface area contributed by atoms with Crippen molar-refractivity contribution in [1.82, 2.24) is 29.7 Å². The maximum atomic E-state index is 12.9. The summed E-state index contributed by atoms with van der Waals surface area (Å²) < 4.78 is 17.8. The molecule has 11 nitrogen and oxygen atoms in total. The van der Waals surface area contributed by atoms with Crippen molar-refractivity contribution < 1.29 is 23.5 Å². The number of carbonyl (C=O) groups is 2. The third-order valence-electron chi connectivity index (χ3n) is 9.66. The average molecular weight is 689 g/mol. The smallest absolute Gasteiger partial charge is 0.410 e. The second-order valence-corrected chi connectivity index (χ2v) is 15.7. The molecule has 0 spiro atoms. The van der Waals surface area contributed by atoms with Crippen molar-refractivity contribution in [1.29, 1.82) is 0 Å². The summed E-state index contributed by atoms with van der Waals surface area (Å²) in [4.78, 5) is 45.7. The van der Waals surface area contributed by atoms with Crippen LogP contribution in [0.25, 0.3) is 55.2 Å². The van der Waals surface area contributed by atoms with Crippen molar-refractivity contribution in [3.8, 4) is 22.5 Å². The molecule has 6 aromatic rings. The van der Waals surface area contributed by atoms with Gasteiger partial charge in [-0.1, -0.05) is 12.1 Å². The Morgan fingerprint density at radius 2 is 1.24 bits per heavy atom. The number of likely N-dealkylation sites (tertiary alicyclic amines) is 2. The molecule has 0 saturated carbocycles. The zero-order valence-corrected chi connectivity index (χ0v) is 30.0. The number of carbonyl (C=O) groups excluding carboxylic acids is 2. The molecule has 51 heavy (non-hydrogen) atoms. The lowest BCUT2D eigenvalue weighted by Gasteiger charge is -2.27. The van der Waals surface area contributed by atoms with Gasteiger partial charge in [-0.15, -0.1) is 0 Å². The number of imidazole rings is 2. The van der Waals surface area contributed by atoms with Gasteiger partial charge in [-0.05, 0) is 109 Å². The molecular weight excluding hydrogens is 644 g/mol. The highest BCUT2D eigenvalue weighted by molar-refractivity contribution is 6.16. The van der Waals surface area contributed by atoms with E-state index in [9.17, 15) is 9.59 Å². The molecule has 3 aromatic carbocycles. The maximum absolute atomic E-state index is 12.9. The van der Waals surface area contributed by atoms with Crippen molar-refractivity contribution in [2.75, 3.05) is 13.1 Å². The van der Waals surface area contributed by atoms with Crippen molar-refractivity contribution in [3.63, 3.8) is 0 Å². The van der Waals surface area contributed by atoms with Crippen LogP contribution in [-0.4, -0.2) is 66.2 Å². The average Bonchev–Trinajstić information content (AvgIpc) is 3.90. The second kappa shape index (κ2) is 12.2. The lowest BCUT2D eigenvalue weighted by Crippen LogP contribution is -2.36. The highest BCUT2D eigenvalue weighted by atomic mass is 16.6. The van der Waals surface area contributed by atoms with Gasteiger partial charge in [-0.2, -0.15) is 0 Å². The first kappa shape index (κ1) is 32.9. The Hall–Kier alpha value is -5.32. The number of nitrogens with zero attached hydrogens (tertiary/aromatic N) is 4. The fourth-order valence-corrected chi connectivity index (χ4v) is 7.38. The van der Waals surface area contributed by atoms with Crippen LogP contribution in [0.5, 0.6) is 0 Å². The monoisotopic (exact) mass is 688 g/mol. The zero-order chi connectivity index (χ0) is 35.7. The minimum atomic E-state index is -0.553. The summed E-state index contributed by atoms with van der Waals surface area (Å²) in [5, 5.41) is 4.13. The molecule has 2 fully saturated rings. The summed E-state index contributed by atoms with van der Waals surface area (Å²) in [5.74, 6) is 1.53. The Morgan fingerprint density at radius 3 is 1.80 bits per heavy atom. The van der Waals surface area contributed by atoms with Crippen molar-refractivity contribution >= 4 is 44.9 Å². The Bertz CT molecular complexity index is 2290. The fourth-order valence-electron chi connectivity index (χ4n) is 7.38. The van der Waals surface area contributed by atoms with E-state index in [1.54, 1.807) is 9.80 Å². The number of nitrogens with one attached hydrogen (secondary N) is 2. The van der Waals surface area contributed by atoms with Crippen LogP contribution in [0.4, 0.5) is 9.59 Å². The van der Waals surface area contributed by atoms with E-state index >= 15 is 0 Å². The number of aromatic amines is 2. The van der Waals surface area contributed by atoms with Crippen LogP contribution in [0, 0.1) is 0 Å². The number of fused-ring (bicyclic) bond motifs is 5. The number of amides is 2. The molecule has 264 valence electrons. The van der Waals surface area contributed by atoms with Gasteiger partial charge in [0.25, 0.3) is 0 Å². The quantitative estimate of drug-likeness (QED) is 0.189. The van der Waals surface area contributed by atoms with Gasteiger partial charge in [-0.3, -0.25) is 9.80 Å². The van der Waals surface area contributed by atoms with E-state index in [0.29, 0.717) is 13.1 Å². The Kier molecular flexibility index (Phi) is 7.84.